The predicted octanol–water partition coefficient (Wildman–Crippen LogP) is 4.25. The first-order valence-corrected chi connectivity index (χ1v) is 11.9. The number of aryl methyl sites for hydroxylation is 1. The van der Waals surface area contributed by atoms with Crippen LogP contribution in [0.25, 0.3) is 11.5 Å². The van der Waals surface area contributed by atoms with Crippen LogP contribution in [0, 0.1) is 6.92 Å². The maximum absolute atomic E-state index is 13.0. The zero-order valence-corrected chi connectivity index (χ0v) is 19.4. The molecule has 0 unspecified atom stereocenters. The summed E-state index contributed by atoms with van der Waals surface area (Å²) in [6.07, 6.45) is 2.26. The van der Waals surface area contributed by atoms with Gasteiger partial charge in [-0.3, -0.25) is 9.69 Å². The van der Waals surface area contributed by atoms with Gasteiger partial charge < -0.3 is 14.1 Å². The minimum atomic E-state index is -0.239. The number of aromatic nitrogens is 1. The Labute approximate surface area is 199 Å². The van der Waals surface area contributed by atoms with E-state index in [1.165, 1.54) is 5.56 Å². The van der Waals surface area contributed by atoms with Crippen LogP contribution < -0.4 is 0 Å². The van der Waals surface area contributed by atoms with Crippen molar-refractivity contribution in [1.29, 1.82) is 0 Å². The molecule has 2 amide bonds. The highest BCUT2D eigenvalue weighted by molar-refractivity contribution is 5.79. The normalized spacial score (nSPS) is 18.9. The van der Waals surface area contributed by atoms with Gasteiger partial charge in [0.2, 0.25) is 11.8 Å². The predicted molar refractivity (Wildman–Crippen MR) is 127 cm³/mol. The lowest BCUT2D eigenvalue weighted by Crippen LogP contribution is -2.50. The summed E-state index contributed by atoms with van der Waals surface area (Å²) >= 11 is 0. The summed E-state index contributed by atoms with van der Waals surface area (Å²) in [5, 5.41) is 0. The van der Waals surface area contributed by atoms with E-state index < -0.39 is 0 Å². The van der Waals surface area contributed by atoms with Crippen LogP contribution in [-0.2, 0) is 22.4 Å². The van der Waals surface area contributed by atoms with Gasteiger partial charge in [-0.05, 0) is 43.9 Å². The quantitative estimate of drug-likeness (QED) is 0.551. The molecule has 0 bridgehead atoms. The number of amides is 2. The van der Waals surface area contributed by atoms with E-state index in [0.717, 1.165) is 24.8 Å². The highest BCUT2D eigenvalue weighted by Crippen LogP contribution is 2.27. The maximum atomic E-state index is 13.0. The molecule has 3 heterocycles. The first-order valence-electron chi connectivity index (χ1n) is 11.9. The van der Waals surface area contributed by atoms with Gasteiger partial charge in [-0.15, -0.1) is 0 Å². The lowest BCUT2D eigenvalue weighted by Gasteiger charge is -2.38. The molecular formula is C27H29N3O4. The van der Waals surface area contributed by atoms with Crippen LogP contribution in [0.2, 0.25) is 0 Å². The SMILES string of the molecule is Cc1oc(-c2ccccc2)nc1CC(=O)N1CCC(N2C(=O)OC[C@H]2Cc2ccccc2)CC1. The Bertz CT molecular complexity index is 1140. The summed E-state index contributed by atoms with van der Waals surface area (Å²) in [6, 6.07) is 20.0. The molecule has 2 saturated heterocycles. The molecule has 0 radical (unpaired) electrons. The molecule has 7 heteroatoms. The number of piperidine rings is 1. The molecule has 2 fully saturated rings. The fraction of sp³-hybridized carbons (Fsp3) is 0.370. The highest BCUT2D eigenvalue weighted by Gasteiger charge is 2.39. The summed E-state index contributed by atoms with van der Waals surface area (Å²) in [6.45, 7) is 3.50. The van der Waals surface area contributed by atoms with Gasteiger partial charge in [-0.1, -0.05) is 48.5 Å². The number of carbonyl (C=O) groups excluding carboxylic acids is 2. The van der Waals surface area contributed by atoms with Crippen molar-refractivity contribution < 1.29 is 18.7 Å². The van der Waals surface area contributed by atoms with E-state index in [-0.39, 0.29) is 30.5 Å². The third kappa shape index (κ3) is 4.69. The van der Waals surface area contributed by atoms with Crippen molar-refractivity contribution in [2.24, 2.45) is 0 Å². The van der Waals surface area contributed by atoms with E-state index in [2.05, 4.69) is 17.1 Å². The highest BCUT2D eigenvalue weighted by atomic mass is 16.6. The minimum absolute atomic E-state index is 0.0383. The summed E-state index contributed by atoms with van der Waals surface area (Å²) in [7, 11) is 0. The van der Waals surface area contributed by atoms with Crippen molar-refractivity contribution >= 4 is 12.0 Å². The first-order chi connectivity index (χ1) is 16.6. The standard InChI is InChI=1S/C27H29N3O4/c1-19-24(28-26(34-19)21-10-6-3-7-11-21)17-25(31)29-14-12-22(13-15-29)30-23(18-33-27(30)32)16-20-8-4-2-5-9-20/h2-11,22-23H,12-18H2,1H3/t23-/m1/s1. The third-order valence-corrected chi connectivity index (χ3v) is 6.76. The number of hydrogen-bond donors (Lipinski definition) is 0. The topological polar surface area (TPSA) is 75.9 Å². The molecular weight excluding hydrogens is 430 g/mol. The summed E-state index contributed by atoms with van der Waals surface area (Å²) in [5.74, 6) is 1.25. The molecule has 0 saturated carbocycles. The average Bonchev–Trinajstić information content (AvgIpc) is 3.42. The number of ether oxygens (including phenoxy) is 1. The van der Waals surface area contributed by atoms with Crippen LogP contribution in [0.1, 0.15) is 29.9 Å². The van der Waals surface area contributed by atoms with Crippen molar-refractivity contribution in [1.82, 2.24) is 14.8 Å². The molecule has 0 aliphatic carbocycles. The van der Waals surface area contributed by atoms with E-state index in [1.807, 2.05) is 65.3 Å². The Balaban J connectivity index is 1.18. The van der Waals surface area contributed by atoms with E-state index in [0.29, 0.717) is 37.0 Å². The molecule has 7 nitrogen and oxygen atoms in total. The Hall–Kier alpha value is -3.61. The maximum Gasteiger partial charge on any atom is 0.410 e. The zero-order chi connectivity index (χ0) is 23.5. The minimum Gasteiger partial charge on any atom is -0.447 e. The second-order valence-corrected chi connectivity index (χ2v) is 9.00. The number of likely N-dealkylation sites (tertiary alicyclic amines) is 1. The summed E-state index contributed by atoms with van der Waals surface area (Å²) in [5.41, 5.74) is 2.77. The van der Waals surface area contributed by atoms with Gasteiger partial charge in [0, 0.05) is 24.7 Å². The summed E-state index contributed by atoms with van der Waals surface area (Å²) < 4.78 is 11.2. The molecule has 1 aromatic heterocycles. The van der Waals surface area contributed by atoms with Gasteiger partial charge in [0.1, 0.15) is 12.4 Å². The van der Waals surface area contributed by atoms with Gasteiger partial charge in [-0.25, -0.2) is 9.78 Å². The first kappa shape index (κ1) is 22.2. The van der Waals surface area contributed by atoms with E-state index in [1.54, 1.807) is 0 Å². The second kappa shape index (κ2) is 9.71. The molecule has 3 aromatic rings. The van der Waals surface area contributed by atoms with Crippen LogP contribution >= 0.6 is 0 Å². The number of oxazole rings is 1. The lowest BCUT2D eigenvalue weighted by atomic mass is 9.99. The van der Waals surface area contributed by atoms with Crippen LogP contribution in [-0.4, -0.2) is 58.6 Å². The fourth-order valence-corrected chi connectivity index (χ4v) is 4.91. The number of hydrogen-bond acceptors (Lipinski definition) is 5. The fourth-order valence-electron chi connectivity index (χ4n) is 4.91. The molecule has 0 spiro atoms. The van der Waals surface area contributed by atoms with Crippen LogP contribution in [0.4, 0.5) is 4.79 Å². The Morgan fingerprint density at radius 2 is 1.71 bits per heavy atom. The van der Waals surface area contributed by atoms with E-state index >= 15 is 0 Å². The Morgan fingerprint density at radius 3 is 2.41 bits per heavy atom. The third-order valence-electron chi connectivity index (χ3n) is 6.76. The van der Waals surface area contributed by atoms with Crippen LogP contribution in [0.5, 0.6) is 0 Å². The van der Waals surface area contributed by atoms with Gasteiger partial charge in [0.25, 0.3) is 0 Å². The van der Waals surface area contributed by atoms with Gasteiger partial charge in [0.05, 0.1) is 18.2 Å². The molecule has 1 atom stereocenters. The molecule has 2 aliphatic rings. The van der Waals surface area contributed by atoms with Crippen LogP contribution in [0.15, 0.2) is 65.1 Å². The van der Waals surface area contributed by atoms with Crippen molar-refractivity contribution in [3.8, 4) is 11.5 Å². The number of benzene rings is 2. The van der Waals surface area contributed by atoms with E-state index in [4.69, 9.17) is 9.15 Å². The number of cyclic esters (lactones) is 1. The Kier molecular flexibility index (Phi) is 6.34. The monoisotopic (exact) mass is 459 g/mol. The van der Waals surface area contributed by atoms with Crippen molar-refractivity contribution in [3.63, 3.8) is 0 Å². The molecule has 0 N–H and O–H groups in total. The largest absolute Gasteiger partial charge is 0.447 e. The Morgan fingerprint density at radius 1 is 1.03 bits per heavy atom. The molecule has 34 heavy (non-hydrogen) atoms. The number of nitrogens with zero attached hydrogens (tertiary/aromatic N) is 3. The van der Waals surface area contributed by atoms with E-state index in [9.17, 15) is 9.59 Å². The van der Waals surface area contributed by atoms with Crippen molar-refractivity contribution in [2.45, 2.75) is 44.7 Å². The van der Waals surface area contributed by atoms with Gasteiger partial charge in [0.15, 0.2) is 0 Å². The molecule has 5 rings (SSSR count). The lowest BCUT2D eigenvalue weighted by molar-refractivity contribution is -0.132. The smallest absolute Gasteiger partial charge is 0.410 e. The number of rotatable bonds is 6. The van der Waals surface area contributed by atoms with Gasteiger partial charge >= 0.3 is 6.09 Å². The second-order valence-electron chi connectivity index (χ2n) is 9.00. The average molecular weight is 460 g/mol. The number of carbonyl (C=O) groups is 2. The molecule has 176 valence electrons. The summed E-state index contributed by atoms with van der Waals surface area (Å²) in [4.78, 5) is 33.8. The van der Waals surface area contributed by atoms with Gasteiger partial charge in [-0.2, -0.15) is 0 Å². The zero-order valence-electron chi connectivity index (χ0n) is 19.4. The van der Waals surface area contributed by atoms with Crippen LogP contribution in [0.3, 0.4) is 0 Å². The molecule has 2 aliphatic heterocycles. The van der Waals surface area contributed by atoms with Crippen molar-refractivity contribution in [3.05, 3.63) is 77.7 Å². The van der Waals surface area contributed by atoms with Crippen molar-refractivity contribution in [2.75, 3.05) is 19.7 Å². The molecule has 2 aromatic carbocycles.